The van der Waals surface area contributed by atoms with E-state index in [2.05, 4.69) is 5.32 Å². The van der Waals surface area contributed by atoms with Crippen molar-refractivity contribution in [2.24, 2.45) is 11.7 Å². The zero-order valence-electron chi connectivity index (χ0n) is 11.7. The number of Topliss-reactive ketones (excluding diaryl/α,β-unsaturated/α-hetero) is 1. The van der Waals surface area contributed by atoms with Gasteiger partial charge in [0.05, 0.1) is 16.1 Å². The summed E-state index contributed by atoms with van der Waals surface area (Å²) in [7, 11) is 0. The van der Waals surface area contributed by atoms with Gasteiger partial charge in [-0.05, 0) is 13.3 Å². The number of thiophene rings is 1. The average Bonchev–Trinajstić information content (AvgIpc) is 2.64. The van der Waals surface area contributed by atoms with Crippen molar-refractivity contribution in [2.75, 3.05) is 11.1 Å². The van der Waals surface area contributed by atoms with Gasteiger partial charge in [0.2, 0.25) is 0 Å². The highest BCUT2D eigenvalue weighted by Gasteiger charge is 2.25. The monoisotopic (exact) mass is 283 g/mol. The molecule has 6 heteroatoms. The molecule has 0 saturated heterocycles. The lowest BCUT2D eigenvalue weighted by molar-refractivity contribution is 0.0944. The van der Waals surface area contributed by atoms with Crippen LogP contribution in [0.3, 0.4) is 0 Å². The Morgan fingerprint density at radius 1 is 1.32 bits per heavy atom. The second-order valence-electron chi connectivity index (χ2n) is 4.89. The van der Waals surface area contributed by atoms with E-state index >= 15 is 0 Å². The molecule has 1 rings (SSSR count). The van der Waals surface area contributed by atoms with Crippen molar-refractivity contribution in [2.45, 2.75) is 40.2 Å². The molecule has 0 saturated carbocycles. The lowest BCUT2D eigenvalue weighted by Crippen LogP contribution is -2.18. The number of hydrogen-bond acceptors (Lipinski definition) is 5. The Balaban J connectivity index is 3.27. The number of hydrogen-bond donors (Lipinski definition) is 3. The van der Waals surface area contributed by atoms with Crippen LogP contribution in [0.25, 0.3) is 0 Å². The number of carbonyl (C=O) groups is 2. The summed E-state index contributed by atoms with van der Waals surface area (Å²) in [6.07, 6.45) is 0.892. The normalized spacial score (nSPS) is 12.5. The number of rotatable bonds is 6. The maximum atomic E-state index is 12.1. The first-order chi connectivity index (χ1) is 8.79. The Kier molecular flexibility index (Phi) is 4.94. The third kappa shape index (κ3) is 3.26. The number of carbonyl (C=O) groups excluding carboxylic acids is 2. The molecule has 19 heavy (non-hydrogen) atoms. The first-order valence-electron chi connectivity index (χ1n) is 6.32. The van der Waals surface area contributed by atoms with Crippen LogP contribution in [0.2, 0.25) is 0 Å². The quantitative estimate of drug-likeness (QED) is 0.698. The maximum absolute atomic E-state index is 12.1. The maximum Gasteiger partial charge on any atom is 0.253 e. The van der Waals surface area contributed by atoms with Gasteiger partial charge in [-0.3, -0.25) is 9.59 Å². The van der Waals surface area contributed by atoms with E-state index in [0.29, 0.717) is 9.88 Å². The van der Waals surface area contributed by atoms with Gasteiger partial charge in [0.1, 0.15) is 5.00 Å². The van der Waals surface area contributed by atoms with Crippen LogP contribution in [0.4, 0.5) is 10.7 Å². The van der Waals surface area contributed by atoms with Crippen LogP contribution in [0.1, 0.15) is 54.1 Å². The molecular formula is C13H21N3O2S. The Morgan fingerprint density at radius 3 is 2.32 bits per heavy atom. The molecule has 1 aromatic heterocycles. The van der Waals surface area contributed by atoms with Gasteiger partial charge < -0.3 is 16.8 Å². The first kappa shape index (κ1) is 15.5. The molecule has 1 unspecified atom stereocenters. The Bertz CT molecular complexity index is 494. The molecule has 106 valence electrons. The highest BCUT2D eigenvalue weighted by Crippen LogP contribution is 2.37. The number of nitrogen functional groups attached to an aromatic ring is 1. The molecule has 0 fully saturated rings. The summed E-state index contributed by atoms with van der Waals surface area (Å²) < 4.78 is 0. The van der Waals surface area contributed by atoms with Crippen LogP contribution in [-0.4, -0.2) is 17.7 Å². The van der Waals surface area contributed by atoms with Crippen LogP contribution < -0.4 is 16.8 Å². The SMILES string of the molecule is CCC(C)Nc1sc(C(=O)C(C)C)c(N)c1C(N)=O. The summed E-state index contributed by atoms with van der Waals surface area (Å²) in [6.45, 7) is 7.61. The van der Waals surface area contributed by atoms with Gasteiger partial charge in [-0.15, -0.1) is 11.3 Å². The van der Waals surface area contributed by atoms with Gasteiger partial charge in [0, 0.05) is 12.0 Å². The molecule has 0 bridgehead atoms. The van der Waals surface area contributed by atoms with Crippen molar-refractivity contribution in [3.05, 3.63) is 10.4 Å². The van der Waals surface area contributed by atoms with Crippen LogP contribution in [-0.2, 0) is 0 Å². The van der Waals surface area contributed by atoms with Gasteiger partial charge in [-0.2, -0.15) is 0 Å². The minimum Gasteiger partial charge on any atom is -0.397 e. The molecule has 1 aromatic rings. The summed E-state index contributed by atoms with van der Waals surface area (Å²) >= 11 is 1.21. The molecule has 0 aliphatic rings. The molecule has 0 spiro atoms. The Hall–Kier alpha value is -1.56. The van der Waals surface area contributed by atoms with Crippen molar-refractivity contribution in [1.82, 2.24) is 0 Å². The third-order valence-electron chi connectivity index (χ3n) is 2.93. The molecule has 1 atom stereocenters. The van der Waals surface area contributed by atoms with Crippen LogP contribution in [0.5, 0.6) is 0 Å². The predicted molar refractivity (Wildman–Crippen MR) is 79.8 cm³/mol. The van der Waals surface area contributed by atoms with E-state index in [1.54, 1.807) is 13.8 Å². The fourth-order valence-corrected chi connectivity index (χ4v) is 2.89. The van der Waals surface area contributed by atoms with E-state index in [9.17, 15) is 9.59 Å². The van der Waals surface area contributed by atoms with Gasteiger partial charge in [-0.1, -0.05) is 20.8 Å². The number of ketones is 1. The number of nitrogens with one attached hydrogen (secondary N) is 1. The predicted octanol–water partition coefficient (Wildman–Crippen LogP) is 2.48. The van der Waals surface area contributed by atoms with E-state index < -0.39 is 5.91 Å². The fraction of sp³-hybridized carbons (Fsp3) is 0.538. The van der Waals surface area contributed by atoms with Crippen molar-refractivity contribution >= 4 is 33.7 Å². The molecular weight excluding hydrogens is 262 g/mol. The lowest BCUT2D eigenvalue weighted by Gasteiger charge is -2.11. The molecule has 1 amide bonds. The van der Waals surface area contributed by atoms with E-state index in [1.165, 1.54) is 11.3 Å². The zero-order chi connectivity index (χ0) is 14.7. The third-order valence-corrected chi connectivity index (χ3v) is 4.08. The summed E-state index contributed by atoms with van der Waals surface area (Å²) in [4.78, 5) is 24.0. The standard InChI is InChI=1S/C13H21N3O2S/c1-5-7(4)16-13-8(12(15)18)9(14)11(19-13)10(17)6(2)3/h6-7,16H,5,14H2,1-4H3,(H2,15,18). The second-order valence-corrected chi connectivity index (χ2v) is 5.91. The lowest BCUT2D eigenvalue weighted by atomic mass is 10.1. The van der Waals surface area contributed by atoms with Crippen molar-refractivity contribution in [3.63, 3.8) is 0 Å². The number of nitrogens with two attached hydrogens (primary N) is 2. The van der Waals surface area contributed by atoms with Crippen LogP contribution >= 0.6 is 11.3 Å². The summed E-state index contributed by atoms with van der Waals surface area (Å²) in [5, 5.41) is 3.77. The van der Waals surface area contributed by atoms with E-state index in [1.807, 2.05) is 13.8 Å². The second kappa shape index (κ2) is 6.06. The highest BCUT2D eigenvalue weighted by molar-refractivity contribution is 7.19. The highest BCUT2D eigenvalue weighted by atomic mass is 32.1. The average molecular weight is 283 g/mol. The van der Waals surface area contributed by atoms with Crippen LogP contribution in [0.15, 0.2) is 0 Å². The van der Waals surface area contributed by atoms with Gasteiger partial charge in [-0.25, -0.2) is 0 Å². The Labute approximate surface area is 117 Å². The summed E-state index contributed by atoms with van der Waals surface area (Å²) in [5.74, 6) is -0.845. The molecule has 0 radical (unpaired) electrons. The van der Waals surface area contributed by atoms with E-state index in [4.69, 9.17) is 11.5 Å². The summed E-state index contributed by atoms with van der Waals surface area (Å²) in [6, 6.07) is 0.179. The molecule has 0 aliphatic heterocycles. The van der Waals surface area contributed by atoms with Crippen molar-refractivity contribution < 1.29 is 9.59 Å². The minimum absolute atomic E-state index is 0.0674. The topological polar surface area (TPSA) is 98.2 Å². The van der Waals surface area contributed by atoms with Crippen LogP contribution in [0, 0.1) is 5.92 Å². The largest absolute Gasteiger partial charge is 0.397 e. The zero-order valence-corrected chi connectivity index (χ0v) is 12.6. The summed E-state index contributed by atoms with van der Waals surface area (Å²) in [5.41, 5.74) is 11.7. The van der Waals surface area contributed by atoms with E-state index in [-0.39, 0.29) is 29.0 Å². The Morgan fingerprint density at radius 2 is 1.89 bits per heavy atom. The van der Waals surface area contributed by atoms with Gasteiger partial charge in [0.15, 0.2) is 5.78 Å². The van der Waals surface area contributed by atoms with Gasteiger partial charge >= 0.3 is 0 Å². The molecule has 5 N–H and O–H groups in total. The molecule has 1 heterocycles. The minimum atomic E-state index is -0.609. The number of primary amides is 1. The molecule has 5 nitrogen and oxygen atoms in total. The number of amides is 1. The molecule has 0 aliphatic carbocycles. The first-order valence-corrected chi connectivity index (χ1v) is 7.14. The smallest absolute Gasteiger partial charge is 0.253 e. The molecule has 0 aromatic carbocycles. The van der Waals surface area contributed by atoms with Crippen molar-refractivity contribution in [1.29, 1.82) is 0 Å². The van der Waals surface area contributed by atoms with Gasteiger partial charge in [0.25, 0.3) is 5.91 Å². The fourth-order valence-electron chi connectivity index (χ4n) is 1.56. The number of anilines is 2. The van der Waals surface area contributed by atoms with E-state index in [0.717, 1.165) is 6.42 Å². The van der Waals surface area contributed by atoms with Crippen molar-refractivity contribution in [3.8, 4) is 0 Å².